The quantitative estimate of drug-likeness (QED) is 0.796. The Hall–Kier alpha value is -1.36. The average molecular weight is 223 g/mol. The molecular formula is C10H13N3OS. The van der Waals surface area contributed by atoms with Crippen molar-refractivity contribution >= 4 is 12.2 Å². The van der Waals surface area contributed by atoms with Crippen LogP contribution >= 0.6 is 12.2 Å². The largest absolute Gasteiger partial charge is 0.461 e. The number of aryl methyl sites for hydroxylation is 1. The van der Waals surface area contributed by atoms with Crippen molar-refractivity contribution in [3.05, 3.63) is 22.7 Å². The maximum Gasteiger partial charge on any atom is 0.198 e. The second-order valence-electron chi connectivity index (χ2n) is 3.75. The molecule has 0 unspecified atom stereocenters. The zero-order valence-electron chi connectivity index (χ0n) is 8.94. The van der Waals surface area contributed by atoms with Crippen molar-refractivity contribution in [2.45, 2.75) is 26.8 Å². The van der Waals surface area contributed by atoms with Gasteiger partial charge in [-0.1, -0.05) is 0 Å². The smallest absolute Gasteiger partial charge is 0.198 e. The second-order valence-corrected chi connectivity index (χ2v) is 4.14. The lowest BCUT2D eigenvalue weighted by molar-refractivity contribution is 0.548. The van der Waals surface area contributed by atoms with Gasteiger partial charge in [0.2, 0.25) is 0 Å². The Morgan fingerprint density at radius 1 is 1.53 bits per heavy atom. The van der Waals surface area contributed by atoms with Gasteiger partial charge in [-0.3, -0.25) is 9.67 Å². The summed E-state index contributed by atoms with van der Waals surface area (Å²) in [5, 5.41) is 6.98. The fourth-order valence-corrected chi connectivity index (χ4v) is 1.89. The van der Waals surface area contributed by atoms with Crippen molar-refractivity contribution in [2.75, 3.05) is 0 Å². The molecule has 2 heterocycles. The van der Waals surface area contributed by atoms with Crippen LogP contribution in [0.4, 0.5) is 0 Å². The van der Waals surface area contributed by atoms with Crippen molar-refractivity contribution in [1.82, 2.24) is 14.8 Å². The van der Waals surface area contributed by atoms with E-state index in [0.29, 0.717) is 4.77 Å². The van der Waals surface area contributed by atoms with E-state index in [1.807, 2.05) is 17.6 Å². The molecule has 0 amide bonds. The predicted molar refractivity (Wildman–Crippen MR) is 60.2 cm³/mol. The van der Waals surface area contributed by atoms with Crippen molar-refractivity contribution in [2.24, 2.45) is 0 Å². The number of nitrogens with one attached hydrogen (secondary N) is 1. The number of aromatic nitrogens is 3. The first kappa shape index (κ1) is 10.2. The summed E-state index contributed by atoms with van der Waals surface area (Å²) in [4.78, 5) is 0. The van der Waals surface area contributed by atoms with Gasteiger partial charge in [0.1, 0.15) is 0 Å². The molecule has 0 saturated carbocycles. The Morgan fingerprint density at radius 2 is 2.27 bits per heavy atom. The SMILES string of the molecule is Cc1ccoc1-c1n[nH]c(=S)n1C(C)C. The highest BCUT2D eigenvalue weighted by atomic mass is 32.1. The van der Waals surface area contributed by atoms with Crippen LogP contribution in [0.3, 0.4) is 0 Å². The average Bonchev–Trinajstić information content (AvgIpc) is 2.71. The second kappa shape index (κ2) is 3.66. The van der Waals surface area contributed by atoms with E-state index in [2.05, 4.69) is 24.0 Å². The van der Waals surface area contributed by atoms with Crippen LogP contribution in [0, 0.1) is 11.7 Å². The lowest BCUT2D eigenvalue weighted by Gasteiger charge is -2.08. The van der Waals surface area contributed by atoms with Crippen molar-refractivity contribution in [3.63, 3.8) is 0 Å². The van der Waals surface area contributed by atoms with E-state index in [-0.39, 0.29) is 6.04 Å². The summed E-state index contributed by atoms with van der Waals surface area (Å²) >= 11 is 5.17. The van der Waals surface area contributed by atoms with Gasteiger partial charge in [-0.2, -0.15) is 5.10 Å². The van der Waals surface area contributed by atoms with Crippen LogP contribution in [0.25, 0.3) is 11.6 Å². The summed E-state index contributed by atoms with van der Waals surface area (Å²) in [5.41, 5.74) is 1.06. The van der Waals surface area contributed by atoms with Crippen molar-refractivity contribution in [3.8, 4) is 11.6 Å². The molecule has 0 aliphatic rings. The number of furan rings is 1. The molecule has 2 aromatic heterocycles. The highest BCUT2D eigenvalue weighted by Crippen LogP contribution is 2.24. The van der Waals surface area contributed by atoms with Crippen molar-refractivity contribution in [1.29, 1.82) is 0 Å². The molecule has 4 nitrogen and oxygen atoms in total. The first-order valence-corrected chi connectivity index (χ1v) is 5.23. The van der Waals surface area contributed by atoms with Gasteiger partial charge in [-0.25, -0.2) is 0 Å². The number of nitrogens with zero attached hydrogens (tertiary/aromatic N) is 2. The van der Waals surface area contributed by atoms with Crippen molar-refractivity contribution < 1.29 is 4.42 Å². The summed E-state index contributed by atoms with van der Waals surface area (Å²) in [6.45, 7) is 6.11. The highest BCUT2D eigenvalue weighted by Gasteiger charge is 2.15. The standard InChI is InChI=1S/C10H13N3OS/c1-6(2)13-9(11-12-10(13)15)8-7(3)4-5-14-8/h4-6H,1-3H3,(H,12,15). The van der Waals surface area contributed by atoms with E-state index in [9.17, 15) is 0 Å². The van der Waals surface area contributed by atoms with E-state index < -0.39 is 0 Å². The topological polar surface area (TPSA) is 46.8 Å². The molecule has 0 aromatic carbocycles. The highest BCUT2D eigenvalue weighted by molar-refractivity contribution is 7.71. The Morgan fingerprint density at radius 3 is 2.80 bits per heavy atom. The first-order chi connectivity index (χ1) is 7.11. The van der Waals surface area contributed by atoms with Gasteiger partial charge in [-0.05, 0) is 44.6 Å². The number of hydrogen-bond acceptors (Lipinski definition) is 3. The summed E-state index contributed by atoms with van der Waals surface area (Å²) in [6.07, 6.45) is 1.66. The van der Waals surface area contributed by atoms with Gasteiger partial charge in [0, 0.05) is 6.04 Å². The fourth-order valence-electron chi connectivity index (χ4n) is 1.55. The molecule has 80 valence electrons. The third kappa shape index (κ3) is 1.63. The van der Waals surface area contributed by atoms with Crippen LogP contribution in [-0.4, -0.2) is 14.8 Å². The lowest BCUT2D eigenvalue weighted by atomic mass is 10.2. The molecule has 0 radical (unpaired) electrons. The number of rotatable bonds is 2. The minimum absolute atomic E-state index is 0.260. The van der Waals surface area contributed by atoms with Crippen LogP contribution in [0.5, 0.6) is 0 Å². The maximum atomic E-state index is 5.40. The number of hydrogen-bond donors (Lipinski definition) is 1. The molecular weight excluding hydrogens is 210 g/mol. The Labute approximate surface area is 92.9 Å². The Bertz CT molecular complexity index is 521. The molecule has 0 fully saturated rings. The third-order valence-electron chi connectivity index (χ3n) is 2.29. The molecule has 0 aliphatic heterocycles. The molecule has 0 saturated heterocycles. The Kier molecular flexibility index (Phi) is 2.48. The monoisotopic (exact) mass is 223 g/mol. The van der Waals surface area contributed by atoms with Gasteiger partial charge < -0.3 is 4.42 Å². The molecule has 1 N–H and O–H groups in total. The summed E-state index contributed by atoms with van der Waals surface area (Å²) in [6, 6.07) is 2.17. The molecule has 2 rings (SSSR count). The fraction of sp³-hybridized carbons (Fsp3) is 0.400. The molecule has 0 spiro atoms. The van der Waals surface area contributed by atoms with Crippen LogP contribution < -0.4 is 0 Å². The molecule has 2 aromatic rings. The maximum absolute atomic E-state index is 5.40. The van der Waals surface area contributed by atoms with Crippen LogP contribution in [0.2, 0.25) is 0 Å². The van der Waals surface area contributed by atoms with E-state index in [0.717, 1.165) is 17.1 Å². The zero-order valence-corrected chi connectivity index (χ0v) is 9.76. The number of aromatic amines is 1. The van der Waals surface area contributed by atoms with Crippen LogP contribution in [0.15, 0.2) is 16.7 Å². The van der Waals surface area contributed by atoms with E-state index in [1.165, 1.54) is 0 Å². The van der Waals surface area contributed by atoms with Crippen LogP contribution in [0.1, 0.15) is 25.5 Å². The van der Waals surface area contributed by atoms with Gasteiger partial charge in [-0.15, -0.1) is 0 Å². The van der Waals surface area contributed by atoms with Gasteiger partial charge in [0.05, 0.1) is 6.26 Å². The zero-order chi connectivity index (χ0) is 11.0. The lowest BCUT2D eigenvalue weighted by Crippen LogP contribution is -2.03. The van der Waals surface area contributed by atoms with Gasteiger partial charge in [0.25, 0.3) is 0 Å². The minimum Gasteiger partial charge on any atom is -0.461 e. The van der Waals surface area contributed by atoms with Gasteiger partial charge in [0.15, 0.2) is 16.4 Å². The summed E-state index contributed by atoms with van der Waals surface area (Å²) in [5.74, 6) is 1.54. The third-order valence-corrected chi connectivity index (χ3v) is 2.57. The minimum atomic E-state index is 0.260. The molecule has 5 heteroatoms. The molecule has 0 atom stereocenters. The summed E-state index contributed by atoms with van der Waals surface area (Å²) in [7, 11) is 0. The predicted octanol–water partition coefficient (Wildman–Crippen LogP) is 3.09. The Balaban J connectivity index is 2.64. The van der Waals surface area contributed by atoms with Crippen LogP contribution in [-0.2, 0) is 0 Å². The normalized spacial score (nSPS) is 11.2. The number of H-pyrrole nitrogens is 1. The first-order valence-electron chi connectivity index (χ1n) is 4.82. The molecule has 0 bridgehead atoms. The van der Waals surface area contributed by atoms with Gasteiger partial charge >= 0.3 is 0 Å². The van der Waals surface area contributed by atoms with E-state index >= 15 is 0 Å². The van der Waals surface area contributed by atoms with E-state index in [4.69, 9.17) is 16.6 Å². The molecule has 0 aliphatic carbocycles. The molecule has 15 heavy (non-hydrogen) atoms. The van der Waals surface area contributed by atoms with E-state index in [1.54, 1.807) is 6.26 Å². The summed E-state index contributed by atoms with van der Waals surface area (Å²) < 4.78 is 7.97.